The minimum Gasteiger partial charge on any atom is -0.382 e. The molecule has 6 nitrogen and oxygen atoms in total. The van der Waals surface area contributed by atoms with E-state index in [1.54, 1.807) is 13.8 Å². The van der Waals surface area contributed by atoms with Crippen LogP contribution in [0.4, 0.5) is 0 Å². The van der Waals surface area contributed by atoms with Gasteiger partial charge in [-0.1, -0.05) is 51.8 Å². The molecule has 2 N–H and O–H groups in total. The monoisotopic (exact) mass is 686 g/mol. The van der Waals surface area contributed by atoms with Crippen LogP contribution < -0.4 is 0 Å². The van der Waals surface area contributed by atoms with Gasteiger partial charge in [0.15, 0.2) is 23.1 Å². The number of Topliss-reactive ketones (excluding diaryl/α,β-unsaturated/α-hetero) is 2. The SMILES string of the molecule is CC(=O)[C@@]1(O)CC[C@H]2[C@@H]3C=C(C)C4=CC(=O)CC[C@]4(C)[C@H]3CC[C@@]21C.CC(=O)[C@@]1(O)CC[C@H]2[C@@H]3C[C@H](C)C4=CC(=O)CC[C@]4(C)[C@H]3CC[C@@]21C. The molecular formula is C44H62O6. The van der Waals surface area contributed by atoms with Gasteiger partial charge >= 0.3 is 0 Å². The van der Waals surface area contributed by atoms with Crippen molar-refractivity contribution < 1.29 is 29.4 Å². The second-order valence-corrected chi connectivity index (χ2v) is 19.4. The Morgan fingerprint density at radius 3 is 1.78 bits per heavy atom. The van der Waals surface area contributed by atoms with Crippen LogP contribution in [0.25, 0.3) is 0 Å². The van der Waals surface area contributed by atoms with E-state index in [0.717, 1.165) is 57.8 Å². The summed E-state index contributed by atoms with van der Waals surface area (Å²) in [5.74, 6) is 3.74. The highest BCUT2D eigenvalue weighted by Gasteiger charge is 2.67. The molecule has 0 bridgehead atoms. The van der Waals surface area contributed by atoms with Gasteiger partial charge in [0.1, 0.15) is 11.2 Å². The molecule has 0 unspecified atom stereocenters. The summed E-state index contributed by atoms with van der Waals surface area (Å²) in [6.07, 6.45) is 17.6. The second-order valence-electron chi connectivity index (χ2n) is 19.4. The summed E-state index contributed by atoms with van der Waals surface area (Å²) in [7, 11) is 0. The molecule has 8 aliphatic rings. The highest BCUT2D eigenvalue weighted by molar-refractivity contribution is 5.93. The minimum absolute atomic E-state index is 0.0464. The number of carbonyl (C=O) groups excluding carboxylic acids is 4. The quantitative estimate of drug-likeness (QED) is 0.304. The largest absolute Gasteiger partial charge is 0.382 e. The lowest BCUT2D eigenvalue weighted by Gasteiger charge is -2.60. The van der Waals surface area contributed by atoms with E-state index in [1.807, 2.05) is 12.2 Å². The summed E-state index contributed by atoms with van der Waals surface area (Å²) in [5.41, 5.74) is 1.17. The molecule has 0 amide bonds. The fourth-order valence-electron chi connectivity index (χ4n) is 14.6. The third-order valence-electron chi connectivity index (χ3n) is 17.6. The third kappa shape index (κ3) is 4.71. The fraction of sp³-hybridized carbons (Fsp3) is 0.773. The molecule has 0 aromatic carbocycles. The van der Waals surface area contributed by atoms with Gasteiger partial charge in [0.2, 0.25) is 0 Å². The summed E-state index contributed by atoms with van der Waals surface area (Å²) in [6.45, 7) is 16.6. The van der Waals surface area contributed by atoms with E-state index in [-0.39, 0.29) is 39.0 Å². The molecule has 0 aromatic rings. The van der Waals surface area contributed by atoms with Gasteiger partial charge in [-0.05, 0) is 161 Å². The molecule has 50 heavy (non-hydrogen) atoms. The lowest BCUT2D eigenvalue weighted by atomic mass is 9.45. The molecule has 8 aliphatic carbocycles. The molecule has 6 heteroatoms. The van der Waals surface area contributed by atoms with E-state index in [9.17, 15) is 29.4 Å². The zero-order valence-corrected chi connectivity index (χ0v) is 32.0. The van der Waals surface area contributed by atoms with Crippen molar-refractivity contribution in [2.45, 2.75) is 150 Å². The van der Waals surface area contributed by atoms with E-state index in [1.165, 1.54) is 16.7 Å². The van der Waals surface area contributed by atoms with Crippen molar-refractivity contribution in [1.82, 2.24) is 0 Å². The van der Waals surface area contributed by atoms with Crippen molar-refractivity contribution >= 4 is 23.1 Å². The lowest BCUT2D eigenvalue weighted by molar-refractivity contribution is -0.161. The number of rotatable bonds is 2. The van der Waals surface area contributed by atoms with E-state index < -0.39 is 11.2 Å². The summed E-state index contributed by atoms with van der Waals surface area (Å²) < 4.78 is 0. The van der Waals surface area contributed by atoms with Crippen molar-refractivity contribution in [3.63, 3.8) is 0 Å². The highest BCUT2D eigenvalue weighted by Crippen LogP contribution is 2.69. The van der Waals surface area contributed by atoms with Crippen molar-refractivity contribution in [1.29, 1.82) is 0 Å². The average Bonchev–Trinajstić information content (AvgIpc) is 3.50. The normalized spacial score (nSPS) is 50.4. The Bertz CT molecular complexity index is 1620. The lowest BCUT2D eigenvalue weighted by Crippen LogP contribution is -2.57. The van der Waals surface area contributed by atoms with Gasteiger partial charge in [-0.25, -0.2) is 0 Å². The first-order valence-corrected chi connectivity index (χ1v) is 19.9. The second kappa shape index (κ2) is 11.7. The van der Waals surface area contributed by atoms with Crippen molar-refractivity contribution in [3.05, 3.63) is 34.9 Å². The minimum atomic E-state index is -1.16. The number of ketones is 4. The maximum atomic E-state index is 12.3. The fourth-order valence-corrected chi connectivity index (χ4v) is 14.6. The Kier molecular flexibility index (Phi) is 8.44. The average molecular weight is 687 g/mol. The highest BCUT2D eigenvalue weighted by atomic mass is 16.3. The molecule has 274 valence electrons. The first-order valence-electron chi connectivity index (χ1n) is 19.9. The summed E-state index contributed by atoms with van der Waals surface area (Å²) >= 11 is 0. The molecule has 0 saturated heterocycles. The number of fused-ring (bicyclic) bond motifs is 10. The van der Waals surface area contributed by atoms with E-state index in [2.05, 4.69) is 47.6 Å². The smallest absolute Gasteiger partial charge is 0.161 e. The topological polar surface area (TPSA) is 109 Å². The van der Waals surface area contributed by atoms with Crippen molar-refractivity contribution in [2.24, 2.45) is 63.1 Å². The summed E-state index contributed by atoms with van der Waals surface area (Å²) in [4.78, 5) is 48.5. The predicted octanol–water partition coefficient (Wildman–Crippen LogP) is 8.09. The maximum Gasteiger partial charge on any atom is 0.161 e. The van der Waals surface area contributed by atoms with Gasteiger partial charge in [-0.2, -0.15) is 0 Å². The van der Waals surface area contributed by atoms with Gasteiger partial charge in [0.05, 0.1) is 0 Å². The Labute approximate surface area is 300 Å². The van der Waals surface area contributed by atoms with Gasteiger partial charge in [0, 0.05) is 23.7 Å². The van der Waals surface area contributed by atoms with Crippen LogP contribution in [0.15, 0.2) is 34.9 Å². The number of allylic oxidation sites excluding steroid dienone is 5. The van der Waals surface area contributed by atoms with Crippen LogP contribution in [0.3, 0.4) is 0 Å². The molecule has 13 atom stereocenters. The van der Waals surface area contributed by atoms with Crippen LogP contribution in [0.1, 0.15) is 139 Å². The number of carbonyl (C=O) groups is 4. The van der Waals surface area contributed by atoms with Crippen molar-refractivity contribution in [2.75, 3.05) is 0 Å². The molecule has 0 aromatic heterocycles. The van der Waals surface area contributed by atoms with Gasteiger partial charge < -0.3 is 10.2 Å². The molecule has 0 heterocycles. The van der Waals surface area contributed by atoms with Crippen LogP contribution in [0, 0.1) is 63.1 Å². The zero-order valence-electron chi connectivity index (χ0n) is 32.0. The number of hydrogen-bond donors (Lipinski definition) is 2. The Morgan fingerprint density at radius 2 is 1.18 bits per heavy atom. The Morgan fingerprint density at radius 1 is 0.680 bits per heavy atom. The molecule has 5 saturated carbocycles. The van der Waals surface area contributed by atoms with Crippen LogP contribution in [0.2, 0.25) is 0 Å². The molecule has 0 radical (unpaired) electrons. The first-order chi connectivity index (χ1) is 23.3. The summed E-state index contributed by atoms with van der Waals surface area (Å²) in [5, 5.41) is 22.4. The van der Waals surface area contributed by atoms with Gasteiger partial charge in [-0.3, -0.25) is 19.2 Å². The van der Waals surface area contributed by atoms with E-state index in [0.29, 0.717) is 72.9 Å². The standard InChI is InChI=1S/C22H32O3.C22H30O3/c2*1-13-11-16-17(20(3)8-5-15(24)12-19(13)20)6-9-21(4)18(16)7-10-22(21,25)14(2)23/h12-13,16-18,25H,5-11H2,1-4H3;11-12,16-18,25H,5-10H2,1-4H3/t13-,16+,17-,18-,20+,21-,22-;16-,17+,18+,20-,21+,22+/m01/s1. The molecule has 0 spiro atoms. The Hall–Kier alpha value is -2.18. The van der Waals surface area contributed by atoms with Crippen molar-refractivity contribution in [3.8, 4) is 0 Å². The zero-order chi connectivity index (χ0) is 36.4. The summed E-state index contributed by atoms with van der Waals surface area (Å²) in [6, 6.07) is 0. The van der Waals surface area contributed by atoms with Crippen LogP contribution in [0.5, 0.6) is 0 Å². The molecular weight excluding hydrogens is 624 g/mol. The van der Waals surface area contributed by atoms with Gasteiger partial charge in [0.25, 0.3) is 0 Å². The molecule has 5 fully saturated rings. The molecule has 8 rings (SSSR count). The third-order valence-corrected chi connectivity index (χ3v) is 17.6. The van der Waals surface area contributed by atoms with Crippen LogP contribution in [-0.4, -0.2) is 44.5 Å². The van der Waals surface area contributed by atoms with Crippen LogP contribution in [-0.2, 0) is 19.2 Å². The predicted molar refractivity (Wildman–Crippen MR) is 194 cm³/mol. The maximum absolute atomic E-state index is 12.3. The van der Waals surface area contributed by atoms with E-state index >= 15 is 0 Å². The number of hydrogen-bond acceptors (Lipinski definition) is 6. The van der Waals surface area contributed by atoms with Crippen LogP contribution >= 0.6 is 0 Å². The molecule has 0 aliphatic heterocycles. The van der Waals surface area contributed by atoms with E-state index in [4.69, 9.17) is 0 Å². The number of aliphatic hydroxyl groups is 2. The first kappa shape index (κ1) is 36.2. The Balaban J connectivity index is 0.000000157. The van der Waals surface area contributed by atoms with Gasteiger partial charge in [-0.15, -0.1) is 0 Å².